The molecule has 0 aliphatic carbocycles. The van der Waals surface area contributed by atoms with Crippen molar-refractivity contribution in [1.29, 1.82) is 0 Å². The molecule has 0 saturated carbocycles. The van der Waals surface area contributed by atoms with Gasteiger partial charge in [0.25, 0.3) is 0 Å². The first-order valence-electron chi connectivity index (χ1n) is 7.09. The molecule has 194 valence electrons. The van der Waals surface area contributed by atoms with Gasteiger partial charge in [-0.1, -0.05) is 24.3 Å². The quantitative estimate of drug-likeness (QED) is 0.208. The Kier molecular flexibility index (Phi) is 35.9. The van der Waals surface area contributed by atoms with Crippen LogP contribution in [0.15, 0.2) is 50.6 Å². The number of hydrogen-bond donors (Lipinski definition) is 0. The van der Waals surface area contributed by atoms with Gasteiger partial charge in [0, 0.05) is 0 Å². The van der Waals surface area contributed by atoms with Gasteiger partial charge < -0.3 is 34.9 Å². The van der Waals surface area contributed by atoms with Crippen LogP contribution in [0, 0.1) is 0 Å². The van der Waals surface area contributed by atoms with E-state index in [2.05, 4.69) is 133 Å². The second-order valence-corrected chi connectivity index (χ2v) is 21.2. The van der Waals surface area contributed by atoms with Gasteiger partial charge in [-0.05, 0) is 120 Å². The smallest absolute Gasteiger partial charge is 0.770 e. The van der Waals surface area contributed by atoms with Crippen molar-refractivity contribution >= 4 is 120 Å². The summed E-state index contributed by atoms with van der Waals surface area (Å²) in [4.78, 5) is 0. The minimum Gasteiger partial charge on any atom is -0.770 e. The maximum absolute atomic E-state index is 10.3. The molecular formula is C12H20MoO8S12. The summed E-state index contributed by atoms with van der Waals surface area (Å²) in [6.45, 7) is 13.9. The van der Waals surface area contributed by atoms with Gasteiger partial charge in [-0.3, -0.25) is 0 Å². The summed E-state index contributed by atoms with van der Waals surface area (Å²) in [5.41, 5.74) is 0. The molecule has 8 nitrogen and oxygen atoms in total. The van der Waals surface area contributed by atoms with Gasteiger partial charge in [-0.2, -0.15) is 0 Å². The average molecular weight is 773 g/mol. The molecule has 21 heteroatoms. The molecule has 0 unspecified atom stereocenters. The molecule has 0 aliphatic heterocycles. The Hall–Kier alpha value is 2.49. The van der Waals surface area contributed by atoms with Crippen LogP contribution in [0.2, 0.25) is 0 Å². The van der Waals surface area contributed by atoms with E-state index in [1.54, 1.807) is 0 Å². The van der Waals surface area contributed by atoms with Crippen LogP contribution in [0.1, 0.15) is 0 Å². The summed E-state index contributed by atoms with van der Waals surface area (Å²) >= 11 is 33.8. The fourth-order valence-corrected chi connectivity index (χ4v) is 2.91. The van der Waals surface area contributed by atoms with Crippen LogP contribution >= 0.6 is 0 Å². The van der Waals surface area contributed by atoms with Gasteiger partial charge in [-0.25, -0.2) is 0 Å². The molecule has 0 aromatic carbocycles. The molecule has 33 heavy (non-hydrogen) atoms. The van der Waals surface area contributed by atoms with Crippen molar-refractivity contribution < 1.29 is 56.0 Å². The third-order valence-electron chi connectivity index (χ3n) is 1.32. The molecule has 0 bridgehead atoms. The first-order valence-corrected chi connectivity index (χ1v) is 20.4. The van der Waals surface area contributed by atoms with E-state index in [4.69, 9.17) is 0 Å². The van der Waals surface area contributed by atoms with Gasteiger partial charge in [-0.15, -0.1) is 26.3 Å². The van der Waals surface area contributed by atoms with E-state index in [9.17, 15) is 18.2 Å². The molecule has 0 N–H and O–H groups in total. The van der Waals surface area contributed by atoms with Crippen LogP contribution in [-0.4, -0.2) is 44.6 Å². The molecule has 0 rings (SSSR count). The second kappa shape index (κ2) is 26.1. The molecule has 0 aromatic heterocycles. The summed E-state index contributed by atoms with van der Waals surface area (Å²) in [6.07, 6.45) is 5.77. The summed E-state index contributed by atoms with van der Waals surface area (Å²) in [7, 11) is -11.4. The predicted molar refractivity (Wildman–Crippen MR) is 156 cm³/mol. The van der Waals surface area contributed by atoms with E-state index < -0.39 is 30.8 Å². The molecular weight excluding hydrogens is 753 g/mol. The third kappa shape index (κ3) is 72.0. The SMILES string of the molecule is C=CCOS([O-])(=S)=S.C=CCOS([O-])(=S)=S.C=CCOS([O-])(=S)=S.C=CCOS([O-])(=S)=S.[Mo+4]. The zero-order valence-electron chi connectivity index (χ0n) is 16.5. The average Bonchev–Trinajstić information content (AvgIpc) is 2.60. The number of rotatable bonds is 12. The van der Waals surface area contributed by atoms with Crippen molar-refractivity contribution in [2.45, 2.75) is 0 Å². The van der Waals surface area contributed by atoms with Crippen molar-refractivity contribution in [2.75, 3.05) is 26.4 Å². The first-order chi connectivity index (χ1) is 14.2. The van der Waals surface area contributed by atoms with Crippen LogP contribution in [0.4, 0.5) is 0 Å². The molecule has 0 saturated heterocycles. The van der Waals surface area contributed by atoms with E-state index in [-0.39, 0.29) is 47.5 Å². The minimum atomic E-state index is -2.84. The number of hydrogen-bond acceptors (Lipinski definition) is 16. The van der Waals surface area contributed by atoms with Crippen LogP contribution in [0.3, 0.4) is 0 Å². The van der Waals surface area contributed by atoms with Crippen LogP contribution in [0.5, 0.6) is 0 Å². The predicted octanol–water partition coefficient (Wildman–Crippen LogP) is 1.25. The van der Waals surface area contributed by atoms with Gasteiger partial charge in [0.1, 0.15) is 0 Å². The largest absolute Gasteiger partial charge is 4.00 e. The second-order valence-electron chi connectivity index (χ2n) is 3.93. The molecule has 0 radical (unpaired) electrons. The molecule has 0 atom stereocenters. The Morgan fingerprint density at radius 3 is 0.606 bits per heavy atom. The van der Waals surface area contributed by atoms with E-state index in [1.165, 1.54) is 24.3 Å². The summed E-state index contributed by atoms with van der Waals surface area (Å²) in [5, 5.41) is 0. The van der Waals surface area contributed by atoms with Crippen molar-refractivity contribution in [3.8, 4) is 0 Å². The van der Waals surface area contributed by atoms with Crippen molar-refractivity contribution in [2.24, 2.45) is 0 Å². The standard InChI is InChI=1S/4C3H6O2S3.Mo/c4*1-2-3-5-8(4,6)7;/h4*2H,1,3H2,(H,4,6,7);/q;;;;+4/p-4. The Morgan fingerprint density at radius 1 is 0.455 bits per heavy atom. The van der Waals surface area contributed by atoms with E-state index >= 15 is 0 Å². The molecule has 0 spiro atoms. The van der Waals surface area contributed by atoms with Gasteiger partial charge in [0.2, 0.25) is 0 Å². The minimum absolute atomic E-state index is 0. The Balaban J connectivity index is -0.000000105. The van der Waals surface area contributed by atoms with Gasteiger partial charge >= 0.3 is 21.1 Å². The Labute approximate surface area is 250 Å². The molecule has 0 fully saturated rings. The molecule has 0 aliphatic rings. The van der Waals surface area contributed by atoms with Gasteiger partial charge in [0.05, 0.1) is 26.4 Å². The van der Waals surface area contributed by atoms with Crippen LogP contribution < -0.4 is 0 Å². The van der Waals surface area contributed by atoms with Crippen molar-refractivity contribution in [1.82, 2.24) is 0 Å². The first kappa shape index (κ1) is 45.4. The monoisotopic (exact) mass is 774 g/mol. The Bertz CT molecular complexity index is 796. The summed E-state index contributed by atoms with van der Waals surface area (Å²) in [6, 6.07) is 0. The fraction of sp³-hybridized carbons (Fsp3) is 0.333. The van der Waals surface area contributed by atoms with Crippen LogP contribution in [-0.2, 0) is 158 Å². The normalized spacial score (nSPS) is 10.8. The van der Waals surface area contributed by atoms with Gasteiger partial charge in [0.15, 0.2) is 0 Å². The molecule has 0 aromatic rings. The Morgan fingerprint density at radius 2 is 0.576 bits per heavy atom. The zero-order valence-corrected chi connectivity index (χ0v) is 28.3. The fourth-order valence-electron chi connectivity index (χ4n) is 0.526. The molecule has 0 heterocycles. The van der Waals surface area contributed by atoms with Crippen molar-refractivity contribution in [3.05, 3.63) is 50.6 Å². The maximum Gasteiger partial charge on any atom is 4.00 e. The maximum atomic E-state index is 10.3. The zero-order chi connectivity index (χ0) is 26.5. The topological polar surface area (TPSA) is 129 Å². The third-order valence-corrected chi connectivity index (χ3v) is 5.33. The van der Waals surface area contributed by atoms with Crippen molar-refractivity contribution in [3.63, 3.8) is 0 Å². The summed E-state index contributed by atoms with van der Waals surface area (Å²) < 4.78 is 58.9. The van der Waals surface area contributed by atoms with E-state index in [1.807, 2.05) is 0 Å². The summed E-state index contributed by atoms with van der Waals surface area (Å²) in [5.74, 6) is 0. The molecule has 0 amide bonds. The van der Waals surface area contributed by atoms with E-state index in [0.717, 1.165) is 0 Å². The van der Waals surface area contributed by atoms with E-state index in [0.29, 0.717) is 0 Å². The van der Waals surface area contributed by atoms with Crippen LogP contribution in [0.25, 0.3) is 0 Å².